The first kappa shape index (κ1) is 51.7. The molecule has 1 unspecified atom stereocenters. The Labute approximate surface area is 328 Å². The average molecular weight is 782 g/mol. The molecule has 11 heteroatoms. The van der Waals surface area contributed by atoms with Crippen LogP contribution in [0.5, 0.6) is 0 Å². The number of carbonyl (C=O) groups is 1. The number of rotatable bonds is 38. The topological polar surface area (TPSA) is 158 Å². The van der Waals surface area contributed by atoms with Crippen LogP contribution in [0.4, 0.5) is 0 Å². The molecule has 0 heterocycles. The number of hydrogen-bond acceptors (Lipinski definition) is 9. The number of phosphoric acid groups is 1. The van der Waals surface area contributed by atoms with E-state index in [1.807, 2.05) is 12.2 Å². The zero-order chi connectivity index (χ0) is 39.8. The van der Waals surface area contributed by atoms with Crippen molar-refractivity contribution in [3.8, 4) is 0 Å². The summed E-state index contributed by atoms with van der Waals surface area (Å²) in [7, 11) is -4.37. The zero-order valence-corrected chi connectivity index (χ0v) is 34.5. The normalized spacial score (nSPS) is 15.4. The molecule has 0 aromatic rings. The molecule has 0 aliphatic rings. The molecule has 5 N–H and O–H groups in total. The highest BCUT2D eigenvalue weighted by Crippen LogP contribution is 2.43. The highest BCUT2D eigenvalue weighted by atomic mass is 31.2. The smallest absolute Gasteiger partial charge is 0.472 e. The van der Waals surface area contributed by atoms with Gasteiger partial charge >= 0.3 is 13.8 Å². The molecule has 0 fully saturated rings. The lowest BCUT2D eigenvalue weighted by molar-refractivity contribution is -0.153. The van der Waals surface area contributed by atoms with Crippen molar-refractivity contribution in [3.63, 3.8) is 0 Å². The van der Waals surface area contributed by atoms with Crippen molar-refractivity contribution in [3.05, 3.63) is 73.1 Å². The molecule has 0 aromatic heterocycles. The fourth-order valence-corrected chi connectivity index (χ4v) is 5.97. The van der Waals surface area contributed by atoms with E-state index in [1.165, 1.54) is 83.5 Å². The molecule has 0 aromatic carbocycles. The van der Waals surface area contributed by atoms with Crippen molar-refractivity contribution >= 4 is 13.8 Å². The molecule has 10 nitrogen and oxygen atoms in total. The molecule has 0 aliphatic carbocycles. The van der Waals surface area contributed by atoms with Gasteiger partial charge in [-0.3, -0.25) is 13.8 Å². The van der Waals surface area contributed by atoms with Gasteiger partial charge in [-0.2, -0.15) is 0 Å². The van der Waals surface area contributed by atoms with Gasteiger partial charge in [0.05, 0.1) is 31.7 Å². The molecular formula is C43H76NO9P. The van der Waals surface area contributed by atoms with Gasteiger partial charge in [-0.1, -0.05) is 132 Å². The third-order valence-corrected chi connectivity index (χ3v) is 9.33. The maximum Gasteiger partial charge on any atom is 0.472 e. The third kappa shape index (κ3) is 38.0. The van der Waals surface area contributed by atoms with Crippen LogP contribution in [0.1, 0.15) is 149 Å². The number of ether oxygens (including phenoxy) is 2. The maximum atomic E-state index is 12.6. The van der Waals surface area contributed by atoms with Crippen LogP contribution in [-0.4, -0.2) is 65.8 Å². The molecule has 4 atom stereocenters. The summed E-state index contributed by atoms with van der Waals surface area (Å²) in [6.45, 7) is 3.85. The van der Waals surface area contributed by atoms with E-state index in [0.29, 0.717) is 19.3 Å². The summed E-state index contributed by atoms with van der Waals surface area (Å²) in [6, 6.07) is 0. The largest absolute Gasteiger partial charge is 0.498 e. The number of carbonyl (C=O) groups excluding carboxylic acids is 1. The molecule has 54 heavy (non-hydrogen) atoms. The molecule has 0 aliphatic heterocycles. The van der Waals surface area contributed by atoms with Gasteiger partial charge in [0.15, 0.2) is 6.10 Å². The van der Waals surface area contributed by atoms with Crippen LogP contribution < -0.4 is 5.73 Å². The van der Waals surface area contributed by atoms with Crippen LogP contribution >= 0.6 is 7.82 Å². The molecular weight excluding hydrogens is 705 g/mol. The van der Waals surface area contributed by atoms with Crippen molar-refractivity contribution < 1.29 is 43.0 Å². The van der Waals surface area contributed by atoms with E-state index in [2.05, 4.69) is 32.1 Å². The molecule has 0 saturated carbocycles. The van der Waals surface area contributed by atoms with Gasteiger partial charge in [-0.15, -0.1) is 0 Å². The Morgan fingerprint density at radius 1 is 0.667 bits per heavy atom. The second-order valence-electron chi connectivity index (χ2n) is 13.6. The van der Waals surface area contributed by atoms with Gasteiger partial charge in [-0.25, -0.2) is 4.57 Å². The van der Waals surface area contributed by atoms with Crippen LogP contribution in [0.15, 0.2) is 73.1 Å². The van der Waals surface area contributed by atoms with Crippen molar-refractivity contribution in [1.29, 1.82) is 0 Å². The van der Waals surface area contributed by atoms with E-state index in [4.69, 9.17) is 24.3 Å². The number of aliphatic hydroxyl groups excluding tert-OH is 2. The summed E-state index contributed by atoms with van der Waals surface area (Å²) >= 11 is 0. The van der Waals surface area contributed by atoms with Crippen molar-refractivity contribution in [2.45, 2.75) is 167 Å². The number of allylic oxidation sites excluding steroid dienone is 8. The van der Waals surface area contributed by atoms with Gasteiger partial charge in [0, 0.05) is 13.0 Å². The quantitative estimate of drug-likeness (QED) is 0.0119. The van der Waals surface area contributed by atoms with Crippen molar-refractivity contribution in [2.75, 3.05) is 26.4 Å². The van der Waals surface area contributed by atoms with Gasteiger partial charge in [-0.05, 0) is 76.7 Å². The van der Waals surface area contributed by atoms with E-state index in [9.17, 15) is 24.5 Å². The molecule has 312 valence electrons. The monoisotopic (exact) mass is 782 g/mol. The maximum absolute atomic E-state index is 12.6. The van der Waals surface area contributed by atoms with Gasteiger partial charge in [0.1, 0.15) is 6.61 Å². The van der Waals surface area contributed by atoms with E-state index < -0.39 is 38.7 Å². The lowest BCUT2D eigenvalue weighted by atomic mass is 10.1. The Morgan fingerprint density at radius 3 is 1.83 bits per heavy atom. The summed E-state index contributed by atoms with van der Waals surface area (Å²) in [5, 5.41) is 20.3. The first-order valence-corrected chi connectivity index (χ1v) is 22.2. The Kier molecular flexibility index (Phi) is 37.3. The van der Waals surface area contributed by atoms with E-state index >= 15 is 0 Å². The lowest BCUT2D eigenvalue weighted by Crippen LogP contribution is -2.28. The Hall–Kier alpha value is -2.30. The number of nitrogens with two attached hydrogens (primary N) is 1. The molecule has 0 radical (unpaired) electrons. The number of aliphatic hydroxyl groups is 2. The molecule has 0 spiro atoms. The van der Waals surface area contributed by atoms with Gasteiger partial charge in [0.2, 0.25) is 0 Å². The molecule has 0 bridgehead atoms. The van der Waals surface area contributed by atoms with Crippen LogP contribution in [-0.2, 0) is 27.9 Å². The van der Waals surface area contributed by atoms with E-state index in [0.717, 1.165) is 25.7 Å². The fraction of sp³-hybridized carbons (Fsp3) is 0.698. The number of hydrogen-bond donors (Lipinski definition) is 4. The van der Waals surface area contributed by atoms with Gasteiger partial charge in [0.25, 0.3) is 0 Å². The summed E-state index contributed by atoms with van der Waals surface area (Å²) in [6.07, 6.45) is 42.1. The Bertz CT molecular complexity index is 1090. The minimum absolute atomic E-state index is 0.0387. The number of unbranched alkanes of at least 4 members (excludes halogenated alkanes) is 14. The van der Waals surface area contributed by atoms with Crippen LogP contribution in [0, 0.1) is 0 Å². The first-order valence-electron chi connectivity index (χ1n) is 20.7. The molecule has 0 rings (SSSR count). The predicted molar refractivity (Wildman–Crippen MR) is 222 cm³/mol. The summed E-state index contributed by atoms with van der Waals surface area (Å²) in [5.41, 5.74) is 5.34. The summed E-state index contributed by atoms with van der Waals surface area (Å²) < 4.78 is 32.9. The van der Waals surface area contributed by atoms with E-state index in [1.54, 1.807) is 42.7 Å². The van der Waals surface area contributed by atoms with Crippen molar-refractivity contribution in [1.82, 2.24) is 0 Å². The second kappa shape index (κ2) is 39.0. The molecule has 0 amide bonds. The first-order chi connectivity index (χ1) is 26.2. The fourth-order valence-electron chi connectivity index (χ4n) is 5.21. The van der Waals surface area contributed by atoms with Crippen molar-refractivity contribution in [2.24, 2.45) is 5.73 Å². The minimum Gasteiger partial charge on any atom is -0.498 e. The SMILES string of the molecule is CCCCC/C=C\C[C@H](O)/C=C/C=C/C=C\[C@H](O)CCCC(=O)O[C@H](CO/C=C/CCCCCCCC/C=C\CCCCCC)COP(=O)(O)OCCN. The predicted octanol–water partition coefficient (Wildman–Crippen LogP) is 10.3. The number of phosphoric ester groups is 1. The Balaban J connectivity index is 4.42. The highest BCUT2D eigenvalue weighted by Gasteiger charge is 2.25. The Morgan fingerprint density at radius 2 is 1.20 bits per heavy atom. The van der Waals surface area contributed by atoms with Gasteiger partial charge < -0.3 is 30.3 Å². The van der Waals surface area contributed by atoms with Crippen LogP contribution in [0.25, 0.3) is 0 Å². The summed E-state index contributed by atoms with van der Waals surface area (Å²) in [4.78, 5) is 22.4. The lowest BCUT2D eigenvalue weighted by Gasteiger charge is -2.19. The minimum atomic E-state index is -4.37. The summed E-state index contributed by atoms with van der Waals surface area (Å²) in [5.74, 6) is -0.541. The highest BCUT2D eigenvalue weighted by molar-refractivity contribution is 7.47. The zero-order valence-electron chi connectivity index (χ0n) is 33.7. The average Bonchev–Trinajstić information content (AvgIpc) is 3.15. The van der Waals surface area contributed by atoms with Crippen LogP contribution in [0.3, 0.4) is 0 Å². The standard InChI is InChI=1S/C43H76NO9P/c1-3-5-7-9-11-12-13-14-15-16-17-18-19-20-24-28-36-50-38-42(39-52-54(48,49)51-37-35-44)53-43(47)34-29-33-41(46)32-27-23-22-26-31-40(45)30-25-21-10-8-6-4-2/h12-13,21-23,25-28,31-32,36,40-42,45-46H,3-11,14-20,24,29-30,33-35,37-39,44H2,1-2H3,(H,48,49)/b13-12-,23-22+,25-21-,31-26+,32-27-,36-28+/t40-,41-,42+/m0/s1. The number of esters is 1. The second-order valence-corrected chi connectivity index (χ2v) is 15.1. The third-order valence-electron chi connectivity index (χ3n) is 8.35. The molecule has 0 saturated heterocycles. The van der Waals surface area contributed by atoms with Crippen LogP contribution in [0.2, 0.25) is 0 Å². The van der Waals surface area contributed by atoms with E-state index in [-0.39, 0.29) is 26.2 Å².